The highest BCUT2D eigenvalue weighted by atomic mass is 32.2. The van der Waals surface area contributed by atoms with Crippen LogP contribution in [0, 0.1) is 12.3 Å². The number of aromatic nitrogens is 2. The summed E-state index contributed by atoms with van der Waals surface area (Å²) in [5, 5.41) is 6.41. The summed E-state index contributed by atoms with van der Waals surface area (Å²) >= 11 is 0. The van der Waals surface area contributed by atoms with Gasteiger partial charge in [-0.1, -0.05) is 20.3 Å². The van der Waals surface area contributed by atoms with Gasteiger partial charge in [-0.3, -0.25) is 5.10 Å². The molecule has 0 bridgehead atoms. The smallest absolute Gasteiger partial charge is 0.244 e. The summed E-state index contributed by atoms with van der Waals surface area (Å²) in [4.78, 5) is 0.250. The van der Waals surface area contributed by atoms with Crippen molar-refractivity contribution in [1.29, 1.82) is 0 Å². The summed E-state index contributed by atoms with van der Waals surface area (Å²) in [5.41, 5.74) is 0.610. The molecular formula is C11H19N3O2S. The lowest BCUT2D eigenvalue weighted by atomic mass is 9.88. The third-order valence-electron chi connectivity index (χ3n) is 3.63. The molecule has 1 heterocycles. The average molecular weight is 257 g/mol. The second-order valence-electron chi connectivity index (χ2n) is 5.41. The Balaban J connectivity index is 2.22. The maximum Gasteiger partial charge on any atom is 0.244 e. The van der Waals surface area contributed by atoms with Gasteiger partial charge in [0.15, 0.2) is 0 Å². The number of nitrogens with zero attached hydrogens (tertiary/aromatic N) is 1. The molecular weight excluding hydrogens is 238 g/mol. The zero-order valence-corrected chi connectivity index (χ0v) is 11.3. The van der Waals surface area contributed by atoms with Gasteiger partial charge in [-0.15, -0.1) is 0 Å². The number of aromatic amines is 1. The number of rotatable bonds is 3. The van der Waals surface area contributed by atoms with E-state index in [1.54, 1.807) is 6.92 Å². The van der Waals surface area contributed by atoms with E-state index in [4.69, 9.17) is 0 Å². The molecule has 0 spiro atoms. The average Bonchev–Trinajstić information content (AvgIpc) is 2.74. The quantitative estimate of drug-likeness (QED) is 0.863. The fourth-order valence-corrected chi connectivity index (χ4v) is 3.99. The highest BCUT2D eigenvalue weighted by Gasteiger charge is 2.37. The van der Waals surface area contributed by atoms with Crippen molar-refractivity contribution >= 4 is 10.0 Å². The van der Waals surface area contributed by atoms with E-state index in [-0.39, 0.29) is 16.4 Å². The second-order valence-corrected chi connectivity index (χ2v) is 7.10. The van der Waals surface area contributed by atoms with E-state index >= 15 is 0 Å². The van der Waals surface area contributed by atoms with Crippen LogP contribution in [0.25, 0.3) is 0 Å². The molecule has 6 heteroatoms. The molecule has 5 nitrogen and oxygen atoms in total. The fraction of sp³-hybridized carbons (Fsp3) is 0.727. The Kier molecular flexibility index (Phi) is 3.03. The van der Waals surface area contributed by atoms with E-state index in [2.05, 4.69) is 28.8 Å². The van der Waals surface area contributed by atoms with Crippen LogP contribution in [0.5, 0.6) is 0 Å². The highest BCUT2D eigenvalue weighted by molar-refractivity contribution is 7.89. The number of H-pyrrole nitrogens is 1. The predicted molar refractivity (Wildman–Crippen MR) is 65.1 cm³/mol. The van der Waals surface area contributed by atoms with Gasteiger partial charge in [0.1, 0.15) is 4.90 Å². The predicted octanol–water partition coefficient (Wildman–Crippen LogP) is 1.58. The zero-order valence-electron chi connectivity index (χ0n) is 10.4. The largest absolute Gasteiger partial charge is 0.281 e. The lowest BCUT2D eigenvalue weighted by Gasteiger charge is -2.27. The monoisotopic (exact) mass is 257 g/mol. The van der Waals surface area contributed by atoms with Crippen molar-refractivity contribution in [2.75, 3.05) is 0 Å². The first-order chi connectivity index (χ1) is 7.83. The van der Waals surface area contributed by atoms with E-state index in [1.165, 1.54) is 6.20 Å². The Labute approximate surface area is 102 Å². The molecule has 1 aromatic rings. The lowest BCUT2D eigenvalue weighted by molar-refractivity contribution is 0.313. The Hall–Kier alpha value is -0.880. The summed E-state index contributed by atoms with van der Waals surface area (Å²) in [6, 6.07) is 0.0156. The summed E-state index contributed by atoms with van der Waals surface area (Å²) in [5.74, 6) is 0. The zero-order chi connectivity index (χ0) is 12.7. The molecule has 1 saturated carbocycles. The molecule has 1 aliphatic rings. The van der Waals surface area contributed by atoms with Crippen LogP contribution >= 0.6 is 0 Å². The lowest BCUT2D eigenvalue weighted by Crippen LogP contribution is -2.41. The van der Waals surface area contributed by atoms with Gasteiger partial charge in [0, 0.05) is 6.04 Å². The second kappa shape index (κ2) is 4.10. The molecule has 1 aliphatic carbocycles. The minimum atomic E-state index is -3.45. The maximum atomic E-state index is 12.2. The van der Waals surface area contributed by atoms with Crippen LogP contribution in [0.3, 0.4) is 0 Å². The molecule has 0 aromatic carbocycles. The van der Waals surface area contributed by atoms with Gasteiger partial charge in [-0.05, 0) is 25.2 Å². The van der Waals surface area contributed by atoms with Gasteiger partial charge in [0.25, 0.3) is 0 Å². The molecule has 1 atom stereocenters. The number of hydrogen-bond acceptors (Lipinski definition) is 3. The van der Waals surface area contributed by atoms with Crippen LogP contribution in [0.2, 0.25) is 0 Å². The Morgan fingerprint density at radius 2 is 2.24 bits per heavy atom. The van der Waals surface area contributed by atoms with Gasteiger partial charge in [-0.25, -0.2) is 13.1 Å². The Morgan fingerprint density at radius 3 is 2.71 bits per heavy atom. The minimum Gasteiger partial charge on any atom is -0.281 e. The van der Waals surface area contributed by atoms with E-state index in [9.17, 15) is 8.42 Å². The van der Waals surface area contributed by atoms with Gasteiger partial charge >= 0.3 is 0 Å². The topological polar surface area (TPSA) is 74.8 Å². The number of sulfonamides is 1. The van der Waals surface area contributed by atoms with Crippen LogP contribution in [-0.4, -0.2) is 24.7 Å². The van der Waals surface area contributed by atoms with E-state index in [1.807, 2.05) is 0 Å². The summed E-state index contributed by atoms with van der Waals surface area (Å²) in [7, 11) is -3.45. The van der Waals surface area contributed by atoms with Gasteiger partial charge in [-0.2, -0.15) is 5.10 Å². The fourth-order valence-electron chi connectivity index (χ4n) is 2.41. The van der Waals surface area contributed by atoms with Gasteiger partial charge < -0.3 is 0 Å². The molecule has 2 rings (SSSR count). The molecule has 0 aliphatic heterocycles. The summed E-state index contributed by atoms with van der Waals surface area (Å²) in [6.07, 6.45) is 4.40. The maximum absolute atomic E-state index is 12.2. The van der Waals surface area contributed by atoms with Crippen molar-refractivity contribution in [3.05, 3.63) is 11.9 Å². The highest BCUT2D eigenvalue weighted by Crippen LogP contribution is 2.37. The minimum absolute atomic E-state index is 0.0156. The first-order valence-electron chi connectivity index (χ1n) is 5.85. The van der Waals surface area contributed by atoms with Crippen LogP contribution in [0.15, 0.2) is 11.1 Å². The SMILES string of the molecule is Cc1[nH]ncc1S(=O)(=O)NC1CCCC1(C)C. The van der Waals surface area contributed by atoms with Gasteiger partial charge in [0.2, 0.25) is 10.0 Å². The molecule has 0 radical (unpaired) electrons. The van der Waals surface area contributed by atoms with Crippen LogP contribution in [0.4, 0.5) is 0 Å². The molecule has 96 valence electrons. The Bertz CT molecular complexity index is 505. The summed E-state index contributed by atoms with van der Waals surface area (Å²) < 4.78 is 27.2. The summed E-state index contributed by atoms with van der Waals surface area (Å²) in [6.45, 7) is 5.92. The van der Waals surface area contributed by atoms with Crippen molar-refractivity contribution in [3.63, 3.8) is 0 Å². The molecule has 1 unspecified atom stereocenters. The van der Waals surface area contributed by atoms with Crippen molar-refractivity contribution < 1.29 is 8.42 Å². The van der Waals surface area contributed by atoms with Crippen molar-refractivity contribution in [2.45, 2.75) is 51.0 Å². The normalized spacial score (nSPS) is 24.1. The molecule has 1 fully saturated rings. The van der Waals surface area contributed by atoms with Crippen LogP contribution in [-0.2, 0) is 10.0 Å². The van der Waals surface area contributed by atoms with Crippen molar-refractivity contribution in [3.8, 4) is 0 Å². The van der Waals surface area contributed by atoms with E-state index < -0.39 is 10.0 Å². The van der Waals surface area contributed by atoms with Gasteiger partial charge in [0.05, 0.1) is 11.9 Å². The van der Waals surface area contributed by atoms with Crippen LogP contribution in [0.1, 0.15) is 38.8 Å². The molecule has 17 heavy (non-hydrogen) atoms. The first kappa shape index (κ1) is 12.6. The van der Waals surface area contributed by atoms with E-state index in [0.29, 0.717) is 5.69 Å². The number of aryl methyl sites for hydroxylation is 1. The standard InChI is InChI=1S/C11H19N3O2S/c1-8-9(7-12-13-8)17(15,16)14-10-5-4-6-11(10,2)3/h7,10,14H,4-6H2,1-3H3,(H,12,13). The van der Waals surface area contributed by atoms with Crippen molar-refractivity contribution in [2.24, 2.45) is 5.41 Å². The molecule has 1 aromatic heterocycles. The number of hydrogen-bond donors (Lipinski definition) is 2. The van der Waals surface area contributed by atoms with E-state index in [0.717, 1.165) is 19.3 Å². The number of nitrogens with one attached hydrogen (secondary N) is 2. The molecule has 0 amide bonds. The third-order valence-corrected chi connectivity index (χ3v) is 5.21. The molecule has 2 N–H and O–H groups in total. The van der Waals surface area contributed by atoms with Crippen molar-refractivity contribution in [1.82, 2.24) is 14.9 Å². The first-order valence-corrected chi connectivity index (χ1v) is 7.33. The van der Waals surface area contributed by atoms with Crippen LogP contribution < -0.4 is 4.72 Å². The molecule has 0 saturated heterocycles. The third kappa shape index (κ3) is 2.37. The Morgan fingerprint density at radius 1 is 1.53 bits per heavy atom.